The molecule has 78 valence electrons. The average Bonchev–Trinajstić information content (AvgIpc) is 2.96. The Labute approximate surface area is 90.6 Å². The molecule has 0 aliphatic heterocycles. The van der Waals surface area contributed by atoms with Crippen molar-refractivity contribution < 1.29 is 4.79 Å². The monoisotopic (exact) mass is 212 g/mol. The van der Waals surface area contributed by atoms with Gasteiger partial charge in [0.15, 0.2) is 12.1 Å². The number of imidazole rings is 2. The minimum Gasteiger partial charge on any atom is -0.345 e. The summed E-state index contributed by atoms with van der Waals surface area (Å²) in [7, 11) is 0. The largest absolute Gasteiger partial charge is 0.345 e. The van der Waals surface area contributed by atoms with Gasteiger partial charge in [0.05, 0.1) is 29.3 Å². The number of aromatic nitrogens is 4. The number of carbonyl (C=O) groups is 1. The first kappa shape index (κ1) is 8.84. The van der Waals surface area contributed by atoms with Crippen molar-refractivity contribution in [2.45, 2.75) is 0 Å². The number of aromatic amines is 2. The fourth-order valence-electron chi connectivity index (χ4n) is 1.65. The fraction of sp³-hybridized carbons (Fsp3) is 0. The Bertz CT molecular complexity index is 653. The molecule has 2 heterocycles. The summed E-state index contributed by atoms with van der Waals surface area (Å²) in [5, 5.41) is 0. The molecular weight excluding hydrogens is 204 g/mol. The summed E-state index contributed by atoms with van der Waals surface area (Å²) in [4.78, 5) is 24.5. The number of hydrogen-bond donors (Lipinski definition) is 2. The minimum absolute atomic E-state index is 0.333. The molecule has 1 aromatic carbocycles. The first-order valence-electron chi connectivity index (χ1n) is 4.80. The molecule has 0 bridgehead atoms. The van der Waals surface area contributed by atoms with E-state index < -0.39 is 0 Å². The van der Waals surface area contributed by atoms with Crippen molar-refractivity contribution in [1.29, 1.82) is 0 Å². The third kappa shape index (κ3) is 1.30. The van der Waals surface area contributed by atoms with Gasteiger partial charge < -0.3 is 9.97 Å². The van der Waals surface area contributed by atoms with Crippen LogP contribution in [-0.4, -0.2) is 26.2 Å². The van der Waals surface area contributed by atoms with Crippen molar-refractivity contribution in [1.82, 2.24) is 19.9 Å². The molecule has 0 fully saturated rings. The van der Waals surface area contributed by atoms with Crippen molar-refractivity contribution in [2.24, 2.45) is 0 Å². The van der Waals surface area contributed by atoms with Crippen molar-refractivity contribution >= 4 is 17.3 Å². The van der Waals surface area contributed by atoms with Crippen LogP contribution in [0.3, 0.4) is 0 Å². The van der Waals surface area contributed by atoms with Gasteiger partial charge in [0.1, 0.15) is 0 Å². The van der Waals surface area contributed by atoms with Crippen molar-refractivity contribution in [3.05, 3.63) is 36.5 Å². The quantitative estimate of drug-likeness (QED) is 0.635. The van der Waals surface area contributed by atoms with E-state index in [4.69, 9.17) is 0 Å². The number of nitrogens with zero attached hydrogens (tertiary/aromatic N) is 2. The molecule has 0 aliphatic rings. The summed E-state index contributed by atoms with van der Waals surface area (Å²) in [6.07, 6.45) is 3.98. The summed E-state index contributed by atoms with van der Waals surface area (Å²) in [6, 6.07) is 5.82. The molecule has 5 heteroatoms. The van der Waals surface area contributed by atoms with E-state index >= 15 is 0 Å². The molecule has 0 amide bonds. The van der Waals surface area contributed by atoms with Crippen LogP contribution in [0.1, 0.15) is 10.6 Å². The highest BCUT2D eigenvalue weighted by Crippen LogP contribution is 2.20. The van der Waals surface area contributed by atoms with E-state index in [-0.39, 0.29) is 0 Å². The van der Waals surface area contributed by atoms with Crippen LogP contribution in [0.4, 0.5) is 0 Å². The number of carbonyl (C=O) groups excluding carboxylic acids is 1. The highest BCUT2D eigenvalue weighted by molar-refractivity contribution is 5.81. The van der Waals surface area contributed by atoms with E-state index in [1.165, 1.54) is 0 Å². The zero-order chi connectivity index (χ0) is 11.0. The number of aldehydes is 1. The Morgan fingerprint density at radius 1 is 1.25 bits per heavy atom. The SMILES string of the molecule is O=Cc1ncc(-c2ccc3nc[nH]c3c2)[nH]1. The van der Waals surface area contributed by atoms with E-state index in [2.05, 4.69) is 19.9 Å². The molecule has 2 N–H and O–H groups in total. The van der Waals surface area contributed by atoms with E-state index in [0.717, 1.165) is 22.3 Å². The highest BCUT2D eigenvalue weighted by Gasteiger charge is 2.04. The van der Waals surface area contributed by atoms with E-state index in [9.17, 15) is 4.79 Å². The Hall–Kier alpha value is -2.43. The molecule has 0 aliphatic carbocycles. The smallest absolute Gasteiger partial charge is 0.185 e. The van der Waals surface area contributed by atoms with Crippen LogP contribution in [0.15, 0.2) is 30.7 Å². The van der Waals surface area contributed by atoms with Gasteiger partial charge in [-0.3, -0.25) is 4.79 Å². The van der Waals surface area contributed by atoms with Gasteiger partial charge in [-0.05, 0) is 12.1 Å². The van der Waals surface area contributed by atoms with Crippen molar-refractivity contribution in [3.8, 4) is 11.3 Å². The van der Waals surface area contributed by atoms with Crippen LogP contribution >= 0.6 is 0 Å². The second-order valence-electron chi connectivity index (χ2n) is 3.43. The van der Waals surface area contributed by atoms with Crippen LogP contribution in [-0.2, 0) is 0 Å². The summed E-state index contributed by atoms with van der Waals surface area (Å²) >= 11 is 0. The normalized spacial score (nSPS) is 10.8. The molecule has 0 saturated carbocycles. The van der Waals surface area contributed by atoms with Crippen LogP contribution < -0.4 is 0 Å². The van der Waals surface area contributed by atoms with Gasteiger partial charge in [0, 0.05) is 5.56 Å². The molecule has 0 atom stereocenters. The lowest BCUT2D eigenvalue weighted by atomic mass is 10.1. The Morgan fingerprint density at radius 3 is 3.00 bits per heavy atom. The summed E-state index contributed by atoms with van der Waals surface area (Å²) in [6.45, 7) is 0. The number of benzene rings is 1. The molecule has 0 saturated heterocycles. The number of hydrogen-bond acceptors (Lipinski definition) is 3. The third-order valence-electron chi connectivity index (χ3n) is 2.44. The zero-order valence-corrected chi connectivity index (χ0v) is 8.27. The topological polar surface area (TPSA) is 74.4 Å². The van der Waals surface area contributed by atoms with Gasteiger partial charge in [-0.2, -0.15) is 0 Å². The average molecular weight is 212 g/mol. The standard InChI is InChI=1S/C11H8N4O/c16-5-11-12-4-10(15-11)7-1-2-8-9(3-7)14-6-13-8/h1-6H,(H,12,15)(H,13,14). The first-order chi connectivity index (χ1) is 7.86. The molecule has 0 unspecified atom stereocenters. The van der Waals surface area contributed by atoms with E-state index in [0.29, 0.717) is 12.1 Å². The maximum absolute atomic E-state index is 10.5. The summed E-state index contributed by atoms with van der Waals surface area (Å²) in [5.74, 6) is 0.333. The lowest BCUT2D eigenvalue weighted by molar-refractivity contribution is 0.111. The third-order valence-corrected chi connectivity index (χ3v) is 2.44. The van der Waals surface area contributed by atoms with Gasteiger partial charge in [-0.15, -0.1) is 0 Å². The number of nitrogens with one attached hydrogen (secondary N) is 2. The molecule has 3 rings (SSSR count). The van der Waals surface area contributed by atoms with Gasteiger partial charge in [0.2, 0.25) is 0 Å². The molecule has 5 nitrogen and oxygen atoms in total. The summed E-state index contributed by atoms with van der Waals surface area (Å²) < 4.78 is 0. The maximum Gasteiger partial charge on any atom is 0.185 e. The predicted octanol–water partition coefficient (Wildman–Crippen LogP) is 1.77. The number of H-pyrrole nitrogens is 2. The van der Waals surface area contributed by atoms with E-state index in [1.807, 2.05) is 18.2 Å². The number of rotatable bonds is 2. The Balaban J connectivity index is 2.13. The molecule has 16 heavy (non-hydrogen) atoms. The molecular formula is C11H8N4O. The van der Waals surface area contributed by atoms with Gasteiger partial charge in [-0.25, -0.2) is 9.97 Å². The lowest BCUT2D eigenvalue weighted by Gasteiger charge is -1.96. The Kier molecular flexibility index (Phi) is 1.83. The van der Waals surface area contributed by atoms with Crippen LogP contribution in [0.5, 0.6) is 0 Å². The van der Waals surface area contributed by atoms with Crippen LogP contribution in [0.2, 0.25) is 0 Å². The Morgan fingerprint density at radius 2 is 2.19 bits per heavy atom. The van der Waals surface area contributed by atoms with Crippen molar-refractivity contribution in [3.63, 3.8) is 0 Å². The first-order valence-corrected chi connectivity index (χ1v) is 4.80. The van der Waals surface area contributed by atoms with E-state index in [1.54, 1.807) is 12.5 Å². The van der Waals surface area contributed by atoms with Gasteiger partial charge >= 0.3 is 0 Å². The second-order valence-corrected chi connectivity index (χ2v) is 3.43. The molecule has 2 aromatic heterocycles. The van der Waals surface area contributed by atoms with Gasteiger partial charge in [0.25, 0.3) is 0 Å². The zero-order valence-electron chi connectivity index (χ0n) is 8.27. The number of fused-ring (bicyclic) bond motifs is 1. The summed E-state index contributed by atoms with van der Waals surface area (Å²) in [5.41, 5.74) is 3.66. The lowest BCUT2D eigenvalue weighted by Crippen LogP contribution is -1.82. The van der Waals surface area contributed by atoms with Crippen molar-refractivity contribution in [2.75, 3.05) is 0 Å². The highest BCUT2D eigenvalue weighted by atomic mass is 16.1. The predicted molar refractivity (Wildman–Crippen MR) is 59.1 cm³/mol. The fourth-order valence-corrected chi connectivity index (χ4v) is 1.65. The minimum atomic E-state index is 0.333. The molecule has 3 aromatic rings. The van der Waals surface area contributed by atoms with Gasteiger partial charge in [-0.1, -0.05) is 6.07 Å². The van der Waals surface area contributed by atoms with Crippen LogP contribution in [0, 0.1) is 0 Å². The maximum atomic E-state index is 10.5. The molecule has 0 spiro atoms. The second kappa shape index (κ2) is 3.30. The molecule has 0 radical (unpaired) electrons. The van der Waals surface area contributed by atoms with Crippen LogP contribution in [0.25, 0.3) is 22.3 Å².